The molecule has 0 aliphatic heterocycles. The molecule has 6 heteroatoms. The molecule has 0 unspecified atom stereocenters. The van der Waals surface area contributed by atoms with Gasteiger partial charge in [-0.2, -0.15) is 0 Å². The average molecular weight is 350 g/mol. The lowest BCUT2D eigenvalue weighted by Gasteiger charge is -2.28. The van der Waals surface area contributed by atoms with Crippen molar-refractivity contribution in [3.63, 3.8) is 0 Å². The van der Waals surface area contributed by atoms with Gasteiger partial charge < -0.3 is 24.8 Å². The van der Waals surface area contributed by atoms with Crippen molar-refractivity contribution in [2.75, 3.05) is 32.7 Å². The molecule has 1 saturated carbocycles. The van der Waals surface area contributed by atoms with E-state index in [0.717, 1.165) is 12.0 Å². The van der Waals surface area contributed by atoms with Crippen LogP contribution in [0, 0.1) is 12.8 Å². The van der Waals surface area contributed by atoms with Gasteiger partial charge in [0.25, 0.3) is 0 Å². The summed E-state index contributed by atoms with van der Waals surface area (Å²) in [6, 6.07) is 3.34. The van der Waals surface area contributed by atoms with Crippen molar-refractivity contribution in [2.24, 2.45) is 5.92 Å². The highest BCUT2D eigenvalue weighted by Crippen LogP contribution is 2.32. The summed E-state index contributed by atoms with van der Waals surface area (Å²) in [5, 5.41) is 5.67. The highest BCUT2D eigenvalue weighted by Gasteiger charge is 2.21. The normalized spacial score (nSPS) is 20.0. The molecule has 6 nitrogen and oxygen atoms in total. The number of hydrogen-bond donors (Lipinski definition) is 2. The number of ether oxygens (including phenoxy) is 3. The van der Waals surface area contributed by atoms with Crippen molar-refractivity contribution in [3.05, 3.63) is 17.7 Å². The predicted molar refractivity (Wildman–Crippen MR) is 98.7 cm³/mol. The largest absolute Gasteiger partial charge is 0.493 e. The topological polar surface area (TPSA) is 68.8 Å². The molecular formula is C19H30N2O4. The molecule has 0 aromatic heterocycles. The minimum Gasteiger partial charge on any atom is -0.493 e. The van der Waals surface area contributed by atoms with Crippen molar-refractivity contribution in [2.45, 2.75) is 45.6 Å². The number of amides is 2. The Morgan fingerprint density at radius 1 is 1.16 bits per heavy atom. The third kappa shape index (κ3) is 5.53. The summed E-state index contributed by atoms with van der Waals surface area (Å²) in [5.41, 5.74) is 1.59. The predicted octanol–water partition coefficient (Wildman–Crippen LogP) is 3.73. The quantitative estimate of drug-likeness (QED) is 0.735. The SMILES string of the molecule is COc1cc(C)c(NC(=O)NCCO[C@@H]2CCCC[C@@H]2C)cc1OC. The van der Waals surface area contributed by atoms with Gasteiger partial charge in [-0.3, -0.25) is 0 Å². The Hall–Kier alpha value is -1.95. The number of carbonyl (C=O) groups is 1. The third-order valence-corrected chi connectivity index (χ3v) is 4.73. The molecule has 2 amide bonds. The number of hydrogen-bond acceptors (Lipinski definition) is 4. The van der Waals surface area contributed by atoms with E-state index in [9.17, 15) is 4.79 Å². The first-order chi connectivity index (χ1) is 12.0. The number of rotatable bonds is 7. The van der Waals surface area contributed by atoms with E-state index in [1.807, 2.05) is 13.0 Å². The van der Waals surface area contributed by atoms with Gasteiger partial charge in [0.15, 0.2) is 11.5 Å². The number of benzene rings is 1. The number of methoxy groups -OCH3 is 2. The molecule has 0 radical (unpaired) electrons. The van der Waals surface area contributed by atoms with Crippen LogP contribution in [0.1, 0.15) is 38.2 Å². The van der Waals surface area contributed by atoms with Crippen LogP contribution in [0.2, 0.25) is 0 Å². The summed E-state index contributed by atoms with van der Waals surface area (Å²) in [6.07, 6.45) is 5.22. The van der Waals surface area contributed by atoms with Gasteiger partial charge >= 0.3 is 6.03 Å². The molecule has 140 valence electrons. The Labute approximate surface area is 150 Å². The van der Waals surface area contributed by atoms with Crippen LogP contribution in [0.3, 0.4) is 0 Å². The van der Waals surface area contributed by atoms with Crippen LogP contribution in [0.15, 0.2) is 12.1 Å². The zero-order valence-electron chi connectivity index (χ0n) is 15.7. The van der Waals surface area contributed by atoms with Crippen LogP contribution in [0.5, 0.6) is 11.5 Å². The molecule has 1 aliphatic rings. The van der Waals surface area contributed by atoms with Crippen LogP contribution < -0.4 is 20.1 Å². The molecule has 2 N–H and O–H groups in total. The Morgan fingerprint density at radius 3 is 2.52 bits per heavy atom. The van der Waals surface area contributed by atoms with Gasteiger partial charge in [-0.15, -0.1) is 0 Å². The third-order valence-electron chi connectivity index (χ3n) is 4.73. The fourth-order valence-corrected chi connectivity index (χ4v) is 3.19. The molecule has 0 saturated heterocycles. The van der Waals surface area contributed by atoms with E-state index < -0.39 is 0 Å². The molecular weight excluding hydrogens is 320 g/mol. The Balaban J connectivity index is 1.78. The molecule has 2 rings (SSSR count). The number of anilines is 1. The zero-order valence-corrected chi connectivity index (χ0v) is 15.7. The van der Waals surface area contributed by atoms with E-state index in [-0.39, 0.29) is 6.03 Å². The lowest BCUT2D eigenvalue weighted by atomic mass is 9.88. The molecule has 0 heterocycles. The lowest BCUT2D eigenvalue weighted by molar-refractivity contribution is -0.00232. The molecule has 25 heavy (non-hydrogen) atoms. The zero-order chi connectivity index (χ0) is 18.2. The summed E-state index contributed by atoms with van der Waals surface area (Å²) < 4.78 is 16.4. The maximum Gasteiger partial charge on any atom is 0.319 e. The molecule has 1 fully saturated rings. The maximum atomic E-state index is 12.1. The summed E-state index contributed by atoms with van der Waals surface area (Å²) in [7, 11) is 3.16. The van der Waals surface area contributed by atoms with E-state index in [0.29, 0.717) is 42.4 Å². The second kappa shape index (κ2) is 9.51. The average Bonchev–Trinajstić information content (AvgIpc) is 2.61. The monoisotopic (exact) mass is 350 g/mol. The Kier molecular flexibility index (Phi) is 7.37. The minimum absolute atomic E-state index is 0.254. The summed E-state index contributed by atoms with van der Waals surface area (Å²) in [4.78, 5) is 12.1. The van der Waals surface area contributed by atoms with Gasteiger partial charge in [0, 0.05) is 18.3 Å². The molecule has 1 aliphatic carbocycles. The number of carbonyl (C=O) groups excluding carboxylic acids is 1. The minimum atomic E-state index is -0.254. The standard InChI is InChI=1S/C19H30N2O4/c1-13-7-5-6-8-16(13)25-10-9-20-19(22)21-15-12-18(24-4)17(23-3)11-14(15)2/h11-13,16H,5-10H2,1-4H3,(H2,20,21,22)/t13-,16+/m0/s1. The highest BCUT2D eigenvalue weighted by atomic mass is 16.5. The number of aryl methyl sites for hydroxylation is 1. The second-order valence-electron chi connectivity index (χ2n) is 6.57. The first kappa shape index (κ1) is 19.4. The summed E-state index contributed by atoms with van der Waals surface area (Å²) in [5.74, 6) is 1.83. The van der Waals surface area contributed by atoms with Gasteiger partial charge in [0.2, 0.25) is 0 Å². The second-order valence-corrected chi connectivity index (χ2v) is 6.57. The van der Waals surface area contributed by atoms with E-state index in [4.69, 9.17) is 14.2 Å². The lowest BCUT2D eigenvalue weighted by Crippen LogP contribution is -2.34. The van der Waals surface area contributed by atoms with E-state index in [1.165, 1.54) is 19.3 Å². The van der Waals surface area contributed by atoms with Crippen molar-refractivity contribution in [1.82, 2.24) is 5.32 Å². The van der Waals surface area contributed by atoms with Crippen molar-refractivity contribution in [3.8, 4) is 11.5 Å². The Bertz CT molecular complexity index is 577. The van der Waals surface area contributed by atoms with Crippen LogP contribution in [0.25, 0.3) is 0 Å². The molecule has 0 spiro atoms. The van der Waals surface area contributed by atoms with Crippen LogP contribution in [0.4, 0.5) is 10.5 Å². The summed E-state index contributed by atoms with van der Waals surface area (Å²) in [6.45, 7) is 5.17. The van der Waals surface area contributed by atoms with E-state index in [1.54, 1.807) is 20.3 Å². The van der Waals surface area contributed by atoms with E-state index in [2.05, 4.69) is 17.6 Å². The first-order valence-corrected chi connectivity index (χ1v) is 8.94. The fourth-order valence-electron chi connectivity index (χ4n) is 3.19. The molecule has 0 bridgehead atoms. The van der Waals surface area contributed by atoms with E-state index >= 15 is 0 Å². The van der Waals surface area contributed by atoms with Gasteiger partial charge in [-0.25, -0.2) is 4.79 Å². The highest BCUT2D eigenvalue weighted by molar-refractivity contribution is 5.90. The van der Waals surface area contributed by atoms with Crippen LogP contribution in [-0.4, -0.2) is 39.5 Å². The summed E-state index contributed by atoms with van der Waals surface area (Å²) >= 11 is 0. The first-order valence-electron chi connectivity index (χ1n) is 8.94. The number of nitrogens with one attached hydrogen (secondary N) is 2. The van der Waals surface area contributed by atoms with Gasteiger partial charge in [0.1, 0.15) is 0 Å². The van der Waals surface area contributed by atoms with Gasteiger partial charge in [-0.1, -0.05) is 19.8 Å². The molecule has 1 aromatic carbocycles. The van der Waals surface area contributed by atoms with Gasteiger partial charge in [0.05, 0.1) is 26.9 Å². The Morgan fingerprint density at radius 2 is 1.84 bits per heavy atom. The van der Waals surface area contributed by atoms with Crippen molar-refractivity contribution in [1.29, 1.82) is 0 Å². The van der Waals surface area contributed by atoms with Crippen LogP contribution >= 0.6 is 0 Å². The maximum absolute atomic E-state index is 12.1. The fraction of sp³-hybridized carbons (Fsp3) is 0.632. The van der Waals surface area contributed by atoms with Crippen molar-refractivity contribution >= 4 is 11.7 Å². The molecule has 1 aromatic rings. The van der Waals surface area contributed by atoms with Gasteiger partial charge in [-0.05, 0) is 37.3 Å². The van der Waals surface area contributed by atoms with Crippen LogP contribution in [-0.2, 0) is 4.74 Å². The number of urea groups is 1. The van der Waals surface area contributed by atoms with Crippen molar-refractivity contribution < 1.29 is 19.0 Å². The molecule has 2 atom stereocenters. The smallest absolute Gasteiger partial charge is 0.319 e.